The molecule has 0 aliphatic carbocycles. The number of amides is 3. The number of hydrogen-bond donors (Lipinski definition) is 3. The van der Waals surface area contributed by atoms with E-state index in [0.717, 1.165) is 22.4 Å². The zero-order valence-electron chi connectivity index (χ0n) is 18.7. The minimum absolute atomic E-state index is 0.192. The Balaban J connectivity index is 1.56. The van der Waals surface area contributed by atoms with Crippen molar-refractivity contribution < 1.29 is 19.1 Å². The summed E-state index contributed by atoms with van der Waals surface area (Å²) in [5.41, 5.74) is 3.44. The minimum Gasteiger partial charge on any atom is -0.494 e. The molecular weight excluding hydrogens is 418 g/mol. The second-order valence-electron chi connectivity index (χ2n) is 7.43. The first-order valence-electron chi connectivity index (χ1n) is 10.7. The highest BCUT2D eigenvalue weighted by atomic mass is 16.5. The summed E-state index contributed by atoms with van der Waals surface area (Å²) in [6.45, 7) is 5.00. The van der Waals surface area contributed by atoms with E-state index in [1.54, 1.807) is 36.4 Å². The molecule has 3 N–H and O–H groups in total. The van der Waals surface area contributed by atoms with Crippen LogP contribution in [0.3, 0.4) is 0 Å². The SMILES string of the molecule is CCOc1ccc(CNC(=O)C(=O)Nc2ccccc2C(=O)NCc2cccc(C)c2)cc1. The molecule has 0 saturated carbocycles. The third-order valence-electron chi connectivity index (χ3n) is 4.85. The van der Waals surface area contributed by atoms with E-state index in [1.807, 2.05) is 50.2 Å². The van der Waals surface area contributed by atoms with Crippen LogP contribution in [0.5, 0.6) is 5.75 Å². The van der Waals surface area contributed by atoms with Gasteiger partial charge in [-0.05, 0) is 49.2 Å². The highest BCUT2D eigenvalue weighted by Crippen LogP contribution is 2.16. The number of anilines is 1. The average Bonchev–Trinajstić information content (AvgIpc) is 2.82. The van der Waals surface area contributed by atoms with Crippen LogP contribution in [0.25, 0.3) is 0 Å². The van der Waals surface area contributed by atoms with Crippen molar-refractivity contribution >= 4 is 23.4 Å². The lowest BCUT2D eigenvalue weighted by Crippen LogP contribution is -2.35. The molecule has 0 fully saturated rings. The molecular formula is C26H27N3O4. The Morgan fingerprint density at radius 3 is 2.24 bits per heavy atom. The Morgan fingerprint density at radius 1 is 0.788 bits per heavy atom. The van der Waals surface area contributed by atoms with Crippen molar-refractivity contribution in [1.29, 1.82) is 0 Å². The van der Waals surface area contributed by atoms with Crippen molar-refractivity contribution in [2.75, 3.05) is 11.9 Å². The molecule has 3 amide bonds. The van der Waals surface area contributed by atoms with Gasteiger partial charge in [0.15, 0.2) is 0 Å². The maximum absolute atomic E-state index is 12.7. The lowest BCUT2D eigenvalue weighted by atomic mass is 10.1. The number of aryl methyl sites for hydroxylation is 1. The number of carbonyl (C=O) groups is 3. The maximum Gasteiger partial charge on any atom is 0.313 e. The highest BCUT2D eigenvalue weighted by molar-refractivity contribution is 6.40. The van der Waals surface area contributed by atoms with Gasteiger partial charge in [-0.15, -0.1) is 0 Å². The number of nitrogens with one attached hydrogen (secondary N) is 3. The molecule has 0 bridgehead atoms. The van der Waals surface area contributed by atoms with Gasteiger partial charge in [0.05, 0.1) is 17.9 Å². The van der Waals surface area contributed by atoms with Crippen LogP contribution < -0.4 is 20.7 Å². The molecule has 3 aromatic rings. The van der Waals surface area contributed by atoms with Gasteiger partial charge in [-0.25, -0.2) is 0 Å². The van der Waals surface area contributed by atoms with Gasteiger partial charge in [-0.1, -0.05) is 54.1 Å². The molecule has 0 unspecified atom stereocenters. The molecule has 33 heavy (non-hydrogen) atoms. The van der Waals surface area contributed by atoms with Gasteiger partial charge in [-0.2, -0.15) is 0 Å². The summed E-state index contributed by atoms with van der Waals surface area (Å²) in [6.07, 6.45) is 0. The molecule has 7 heteroatoms. The Kier molecular flexibility index (Phi) is 8.18. The van der Waals surface area contributed by atoms with E-state index >= 15 is 0 Å². The fourth-order valence-corrected chi connectivity index (χ4v) is 3.20. The second-order valence-corrected chi connectivity index (χ2v) is 7.43. The lowest BCUT2D eigenvalue weighted by Gasteiger charge is -2.12. The summed E-state index contributed by atoms with van der Waals surface area (Å²) in [5.74, 6) is -1.25. The standard InChI is InChI=1S/C26H27N3O4/c1-3-33-21-13-11-19(12-14-21)16-28-25(31)26(32)29-23-10-5-4-9-22(23)24(30)27-17-20-8-6-7-18(2)15-20/h4-15H,3,16-17H2,1-2H3,(H,27,30)(H,28,31)(H,29,32). The molecule has 0 atom stereocenters. The van der Waals surface area contributed by atoms with E-state index in [0.29, 0.717) is 13.2 Å². The van der Waals surface area contributed by atoms with Crippen LogP contribution in [0.15, 0.2) is 72.8 Å². The Morgan fingerprint density at radius 2 is 1.52 bits per heavy atom. The molecule has 3 aromatic carbocycles. The van der Waals surface area contributed by atoms with E-state index < -0.39 is 11.8 Å². The van der Waals surface area contributed by atoms with Crippen LogP contribution in [0, 0.1) is 6.92 Å². The van der Waals surface area contributed by atoms with Crippen molar-refractivity contribution in [3.8, 4) is 5.75 Å². The molecule has 0 aliphatic rings. The van der Waals surface area contributed by atoms with Crippen LogP contribution in [0.2, 0.25) is 0 Å². The van der Waals surface area contributed by atoms with Gasteiger partial charge in [0.25, 0.3) is 5.91 Å². The topological polar surface area (TPSA) is 96.5 Å². The van der Waals surface area contributed by atoms with Gasteiger partial charge < -0.3 is 20.7 Å². The molecule has 0 spiro atoms. The lowest BCUT2D eigenvalue weighted by molar-refractivity contribution is -0.136. The van der Waals surface area contributed by atoms with Crippen LogP contribution in [-0.4, -0.2) is 24.3 Å². The maximum atomic E-state index is 12.7. The third kappa shape index (κ3) is 6.93. The van der Waals surface area contributed by atoms with Crippen LogP contribution in [0.4, 0.5) is 5.69 Å². The molecule has 3 rings (SSSR count). The summed E-state index contributed by atoms with van der Waals surface area (Å²) in [4.78, 5) is 37.3. The van der Waals surface area contributed by atoms with Crippen molar-refractivity contribution in [2.24, 2.45) is 0 Å². The van der Waals surface area contributed by atoms with Gasteiger partial charge in [0.1, 0.15) is 5.75 Å². The summed E-state index contributed by atoms with van der Waals surface area (Å²) < 4.78 is 5.39. The highest BCUT2D eigenvalue weighted by Gasteiger charge is 2.17. The Labute approximate surface area is 193 Å². The van der Waals surface area contributed by atoms with E-state index in [-0.39, 0.29) is 23.7 Å². The largest absolute Gasteiger partial charge is 0.494 e. The summed E-state index contributed by atoms with van der Waals surface area (Å²) in [7, 11) is 0. The van der Waals surface area contributed by atoms with Gasteiger partial charge >= 0.3 is 11.8 Å². The van der Waals surface area contributed by atoms with Crippen LogP contribution in [-0.2, 0) is 22.7 Å². The van der Waals surface area contributed by atoms with Gasteiger partial charge in [0, 0.05) is 13.1 Å². The van der Waals surface area contributed by atoms with Crippen LogP contribution in [0.1, 0.15) is 34.0 Å². The molecule has 0 aliphatic heterocycles. The number of rotatable bonds is 8. The smallest absolute Gasteiger partial charge is 0.313 e. The number of ether oxygens (including phenoxy) is 1. The predicted octanol–water partition coefficient (Wildman–Crippen LogP) is 3.58. The fraction of sp³-hybridized carbons (Fsp3) is 0.192. The number of hydrogen-bond acceptors (Lipinski definition) is 4. The molecule has 7 nitrogen and oxygen atoms in total. The summed E-state index contributed by atoms with van der Waals surface area (Å²) in [6, 6.07) is 21.6. The normalized spacial score (nSPS) is 10.2. The Bertz CT molecular complexity index is 1130. The number of para-hydroxylation sites is 1. The second kappa shape index (κ2) is 11.5. The number of carbonyl (C=O) groups excluding carboxylic acids is 3. The van der Waals surface area contributed by atoms with Crippen molar-refractivity contribution in [2.45, 2.75) is 26.9 Å². The zero-order valence-corrected chi connectivity index (χ0v) is 18.7. The summed E-state index contributed by atoms with van der Waals surface area (Å²) >= 11 is 0. The molecule has 0 radical (unpaired) electrons. The molecule has 0 heterocycles. The molecule has 170 valence electrons. The van der Waals surface area contributed by atoms with Crippen LogP contribution >= 0.6 is 0 Å². The van der Waals surface area contributed by atoms with E-state index in [1.165, 1.54) is 0 Å². The van der Waals surface area contributed by atoms with E-state index in [4.69, 9.17) is 4.74 Å². The van der Waals surface area contributed by atoms with E-state index in [9.17, 15) is 14.4 Å². The first kappa shape index (κ1) is 23.5. The molecule has 0 aromatic heterocycles. The fourth-order valence-electron chi connectivity index (χ4n) is 3.20. The zero-order chi connectivity index (χ0) is 23.6. The monoisotopic (exact) mass is 445 g/mol. The van der Waals surface area contributed by atoms with Crippen molar-refractivity contribution in [3.05, 3.63) is 95.1 Å². The Hall–Kier alpha value is -4.13. The first-order chi connectivity index (χ1) is 16.0. The average molecular weight is 446 g/mol. The minimum atomic E-state index is -0.847. The van der Waals surface area contributed by atoms with Crippen molar-refractivity contribution in [3.63, 3.8) is 0 Å². The van der Waals surface area contributed by atoms with Gasteiger partial charge in [-0.3, -0.25) is 14.4 Å². The third-order valence-corrected chi connectivity index (χ3v) is 4.85. The summed E-state index contributed by atoms with van der Waals surface area (Å²) in [5, 5.41) is 7.95. The number of benzene rings is 3. The molecule has 0 saturated heterocycles. The first-order valence-corrected chi connectivity index (χ1v) is 10.7. The van der Waals surface area contributed by atoms with E-state index in [2.05, 4.69) is 16.0 Å². The van der Waals surface area contributed by atoms with Crippen molar-refractivity contribution in [1.82, 2.24) is 10.6 Å². The predicted molar refractivity (Wildman–Crippen MR) is 127 cm³/mol. The quantitative estimate of drug-likeness (QED) is 0.462. The van der Waals surface area contributed by atoms with Gasteiger partial charge in [0.2, 0.25) is 0 Å².